The third-order valence-corrected chi connectivity index (χ3v) is 3.83. The molecular weight excluding hydrogens is 214 g/mol. The van der Waals surface area contributed by atoms with Crippen LogP contribution in [-0.4, -0.2) is 13.1 Å². The zero-order chi connectivity index (χ0) is 12.6. The summed E-state index contributed by atoms with van der Waals surface area (Å²) in [6, 6.07) is 5.99. The highest BCUT2D eigenvalue weighted by atomic mass is 16.5. The summed E-state index contributed by atoms with van der Waals surface area (Å²) in [5, 5.41) is 0. The first kappa shape index (κ1) is 12.0. The van der Waals surface area contributed by atoms with Gasteiger partial charge in [0.1, 0.15) is 0 Å². The fraction of sp³-hybridized carbons (Fsp3) is 0.500. The van der Waals surface area contributed by atoms with E-state index in [4.69, 9.17) is 10.5 Å². The minimum atomic E-state index is -0.492. The van der Waals surface area contributed by atoms with Crippen molar-refractivity contribution in [2.24, 2.45) is 5.41 Å². The van der Waals surface area contributed by atoms with E-state index in [1.165, 1.54) is 18.2 Å². The van der Waals surface area contributed by atoms with Crippen LogP contribution >= 0.6 is 0 Å². The van der Waals surface area contributed by atoms with Gasteiger partial charge >= 0.3 is 5.97 Å². The fourth-order valence-corrected chi connectivity index (χ4v) is 2.78. The van der Waals surface area contributed by atoms with E-state index in [-0.39, 0.29) is 11.9 Å². The van der Waals surface area contributed by atoms with Gasteiger partial charge in [-0.2, -0.15) is 0 Å². The number of carbonyl (C=O) groups excluding carboxylic acids is 1. The molecule has 1 atom stereocenters. The van der Waals surface area contributed by atoms with E-state index in [1.807, 2.05) is 26.0 Å². The molecule has 0 saturated heterocycles. The summed E-state index contributed by atoms with van der Waals surface area (Å²) >= 11 is 0. The summed E-state index contributed by atoms with van der Waals surface area (Å²) in [5.41, 5.74) is 8.61. The molecule has 0 aromatic heterocycles. The second kappa shape index (κ2) is 4.06. The number of nitrogen functional groups attached to an aromatic ring is 1. The summed E-state index contributed by atoms with van der Waals surface area (Å²) in [5.74, 6) is 0.0474. The number of benzene rings is 1. The molecule has 2 N–H and O–H groups in total. The predicted molar refractivity (Wildman–Crippen MR) is 67.7 cm³/mol. The molecule has 3 nitrogen and oxygen atoms in total. The normalized spacial score (nSPS) is 18.9. The zero-order valence-electron chi connectivity index (χ0n) is 10.6. The Balaban J connectivity index is 2.39. The topological polar surface area (TPSA) is 52.3 Å². The van der Waals surface area contributed by atoms with E-state index in [0.29, 0.717) is 0 Å². The van der Waals surface area contributed by atoms with E-state index in [0.717, 1.165) is 18.5 Å². The van der Waals surface area contributed by atoms with Crippen LogP contribution in [0.2, 0.25) is 0 Å². The Morgan fingerprint density at radius 1 is 1.47 bits per heavy atom. The van der Waals surface area contributed by atoms with Gasteiger partial charge in [0.05, 0.1) is 12.5 Å². The minimum Gasteiger partial charge on any atom is -0.469 e. The maximum atomic E-state index is 11.9. The summed E-state index contributed by atoms with van der Waals surface area (Å²) in [7, 11) is 1.44. The van der Waals surface area contributed by atoms with Gasteiger partial charge in [-0.15, -0.1) is 0 Å². The number of anilines is 1. The third-order valence-electron chi connectivity index (χ3n) is 3.83. The average Bonchev–Trinajstić information content (AvgIpc) is 2.71. The molecule has 3 heteroatoms. The van der Waals surface area contributed by atoms with Crippen molar-refractivity contribution < 1.29 is 9.53 Å². The number of hydrogen-bond donors (Lipinski definition) is 1. The molecule has 1 aliphatic rings. The highest BCUT2D eigenvalue weighted by Crippen LogP contribution is 2.46. The number of rotatable bonds is 2. The number of nitrogens with two attached hydrogens (primary N) is 1. The average molecular weight is 233 g/mol. The fourth-order valence-electron chi connectivity index (χ4n) is 2.78. The van der Waals surface area contributed by atoms with Crippen LogP contribution in [0.1, 0.15) is 37.3 Å². The van der Waals surface area contributed by atoms with Gasteiger partial charge in [0.2, 0.25) is 0 Å². The Labute approximate surface area is 102 Å². The monoisotopic (exact) mass is 233 g/mol. The van der Waals surface area contributed by atoms with Crippen LogP contribution in [0.4, 0.5) is 5.69 Å². The van der Waals surface area contributed by atoms with E-state index >= 15 is 0 Å². The Morgan fingerprint density at radius 2 is 2.18 bits per heavy atom. The first-order valence-electron chi connectivity index (χ1n) is 5.93. The lowest BCUT2D eigenvalue weighted by molar-refractivity contribution is -0.152. The van der Waals surface area contributed by atoms with Crippen molar-refractivity contribution in [2.75, 3.05) is 12.8 Å². The molecule has 0 heterocycles. The Bertz CT molecular complexity index is 452. The molecule has 1 aliphatic carbocycles. The van der Waals surface area contributed by atoms with E-state index in [1.54, 1.807) is 0 Å². The van der Waals surface area contributed by atoms with E-state index in [2.05, 4.69) is 6.07 Å². The summed E-state index contributed by atoms with van der Waals surface area (Å²) in [4.78, 5) is 11.9. The molecule has 0 fully saturated rings. The van der Waals surface area contributed by atoms with Crippen LogP contribution in [0.25, 0.3) is 0 Å². The molecular formula is C14H19NO2. The molecule has 0 bridgehead atoms. The van der Waals surface area contributed by atoms with Crippen LogP contribution in [0.3, 0.4) is 0 Å². The van der Waals surface area contributed by atoms with Gasteiger partial charge in [0.15, 0.2) is 0 Å². The summed E-state index contributed by atoms with van der Waals surface area (Å²) in [6.07, 6.45) is 2.00. The molecule has 0 aliphatic heterocycles. The van der Waals surface area contributed by atoms with Gasteiger partial charge < -0.3 is 10.5 Å². The van der Waals surface area contributed by atoms with Crippen LogP contribution in [0.15, 0.2) is 18.2 Å². The molecule has 0 saturated carbocycles. The molecule has 2 rings (SSSR count). The van der Waals surface area contributed by atoms with Gasteiger partial charge in [-0.1, -0.05) is 6.07 Å². The number of ether oxygens (including phenoxy) is 1. The Kier molecular flexibility index (Phi) is 2.86. The standard InChI is InChI=1S/C14H19NO2/c1-14(2,13(16)17-3)12-7-5-9-4-6-10(15)8-11(9)12/h4,6,8,12H,5,7,15H2,1-3H3. The van der Waals surface area contributed by atoms with Gasteiger partial charge in [-0.05, 0) is 49.9 Å². The van der Waals surface area contributed by atoms with E-state index < -0.39 is 5.41 Å². The number of esters is 1. The first-order chi connectivity index (χ1) is 7.96. The van der Waals surface area contributed by atoms with Gasteiger partial charge in [-0.25, -0.2) is 0 Å². The number of hydrogen-bond acceptors (Lipinski definition) is 3. The molecule has 92 valence electrons. The molecule has 0 radical (unpaired) electrons. The molecule has 1 aromatic carbocycles. The lowest BCUT2D eigenvalue weighted by Gasteiger charge is -2.29. The zero-order valence-corrected chi connectivity index (χ0v) is 10.6. The van der Waals surface area contributed by atoms with Crippen LogP contribution in [-0.2, 0) is 16.0 Å². The maximum Gasteiger partial charge on any atom is 0.311 e. The van der Waals surface area contributed by atoms with Crippen LogP contribution in [0.5, 0.6) is 0 Å². The first-order valence-corrected chi connectivity index (χ1v) is 5.93. The number of carbonyl (C=O) groups is 1. The largest absolute Gasteiger partial charge is 0.469 e. The number of methoxy groups -OCH3 is 1. The third kappa shape index (κ3) is 1.90. The number of aryl methyl sites for hydroxylation is 1. The summed E-state index contributed by atoms with van der Waals surface area (Å²) < 4.78 is 4.90. The molecule has 1 aromatic rings. The summed E-state index contributed by atoms with van der Waals surface area (Å²) in [6.45, 7) is 3.89. The van der Waals surface area contributed by atoms with E-state index in [9.17, 15) is 4.79 Å². The smallest absolute Gasteiger partial charge is 0.311 e. The van der Waals surface area contributed by atoms with Gasteiger partial charge in [0, 0.05) is 11.6 Å². The second-order valence-electron chi connectivity index (χ2n) is 5.26. The van der Waals surface area contributed by atoms with Crippen molar-refractivity contribution in [3.05, 3.63) is 29.3 Å². The highest BCUT2D eigenvalue weighted by Gasteiger charge is 2.41. The Morgan fingerprint density at radius 3 is 2.82 bits per heavy atom. The molecule has 1 unspecified atom stereocenters. The van der Waals surface area contributed by atoms with Crippen molar-refractivity contribution in [3.8, 4) is 0 Å². The quantitative estimate of drug-likeness (QED) is 0.630. The number of fused-ring (bicyclic) bond motifs is 1. The maximum absolute atomic E-state index is 11.9. The van der Waals surface area contributed by atoms with Crippen LogP contribution in [0, 0.1) is 5.41 Å². The highest BCUT2D eigenvalue weighted by molar-refractivity contribution is 5.77. The SMILES string of the molecule is COC(=O)C(C)(C)C1CCc2ccc(N)cc21. The van der Waals surface area contributed by atoms with Crippen molar-refractivity contribution in [1.82, 2.24) is 0 Å². The van der Waals surface area contributed by atoms with Crippen LogP contribution < -0.4 is 5.73 Å². The minimum absolute atomic E-state index is 0.155. The molecule has 17 heavy (non-hydrogen) atoms. The molecule has 0 spiro atoms. The van der Waals surface area contributed by atoms with Crippen molar-refractivity contribution in [2.45, 2.75) is 32.6 Å². The lowest BCUT2D eigenvalue weighted by atomic mass is 9.75. The Hall–Kier alpha value is -1.51. The molecule has 0 amide bonds. The van der Waals surface area contributed by atoms with Gasteiger partial charge in [-0.3, -0.25) is 4.79 Å². The van der Waals surface area contributed by atoms with Gasteiger partial charge in [0.25, 0.3) is 0 Å². The predicted octanol–water partition coefficient (Wildman–Crippen LogP) is 2.50. The van der Waals surface area contributed by atoms with Crippen molar-refractivity contribution >= 4 is 11.7 Å². The second-order valence-corrected chi connectivity index (χ2v) is 5.26. The van der Waals surface area contributed by atoms with Crippen molar-refractivity contribution in [3.63, 3.8) is 0 Å². The van der Waals surface area contributed by atoms with Crippen molar-refractivity contribution in [1.29, 1.82) is 0 Å². The lowest BCUT2D eigenvalue weighted by Crippen LogP contribution is -2.31.